The molecule has 1 aromatic carbocycles. The molecule has 1 saturated carbocycles. The van der Waals surface area contributed by atoms with Crippen molar-refractivity contribution in [2.24, 2.45) is 0 Å². The van der Waals surface area contributed by atoms with Gasteiger partial charge in [0.25, 0.3) is 0 Å². The number of nitrogens with one attached hydrogen (secondary N) is 1. The van der Waals surface area contributed by atoms with Crippen molar-refractivity contribution in [3.8, 4) is 0 Å². The minimum atomic E-state index is 0.532. The number of halogens is 1. The Morgan fingerprint density at radius 3 is 2.94 bits per heavy atom. The van der Waals surface area contributed by atoms with Crippen molar-refractivity contribution < 1.29 is 0 Å². The van der Waals surface area contributed by atoms with E-state index < -0.39 is 0 Å². The number of fused-ring (bicyclic) bond motifs is 1. The van der Waals surface area contributed by atoms with Gasteiger partial charge >= 0.3 is 0 Å². The van der Waals surface area contributed by atoms with Crippen molar-refractivity contribution in [2.45, 2.75) is 37.8 Å². The van der Waals surface area contributed by atoms with Crippen LogP contribution in [-0.2, 0) is 6.42 Å². The molecule has 2 aliphatic carbocycles. The maximum atomic E-state index is 6.03. The third-order valence-corrected chi connectivity index (χ3v) is 4.44. The van der Waals surface area contributed by atoms with Gasteiger partial charge in [-0.2, -0.15) is 0 Å². The third-order valence-electron chi connectivity index (χ3n) is 4.21. The van der Waals surface area contributed by atoms with Crippen LogP contribution < -0.4 is 5.32 Å². The lowest BCUT2D eigenvalue weighted by Gasteiger charge is -2.19. The smallest absolute Gasteiger partial charge is 0.0408 e. The second-order valence-electron chi connectivity index (χ2n) is 5.60. The highest BCUT2D eigenvalue weighted by Gasteiger charge is 2.26. The van der Waals surface area contributed by atoms with E-state index in [1.54, 1.807) is 0 Å². The third kappa shape index (κ3) is 2.71. The van der Waals surface area contributed by atoms with Crippen LogP contribution in [0.2, 0.25) is 5.02 Å². The van der Waals surface area contributed by atoms with Crippen molar-refractivity contribution >= 4 is 11.6 Å². The second kappa shape index (κ2) is 5.20. The Hall–Kier alpha value is -0.570. The van der Waals surface area contributed by atoms with Gasteiger partial charge in [-0.1, -0.05) is 17.7 Å². The van der Waals surface area contributed by atoms with E-state index in [2.05, 4.69) is 29.4 Å². The summed E-state index contributed by atoms with van der Waals surface area (Å²) in [6.45, 7) is 2.24. The largest absolute Gasteiger partial charge is 0.309 e. The molecule has 0 aromatic heterocycles. The fourth-order valence-electron chi connectivity index (χ4n) is 2.91. The van der Waals surface area contributed by atoms with Crippen LogP contribution in [0.4, 0.5) is 0 Å². The Kier molecular flexibility index (Phi) is 3.60. The molecule has 2 aliphatic rings. The summed E-state index contributed by atoms with van der Waals surface area (Å²) in [4.78, 5) is 2.48. The maximum Gasteiger partial charge on any atom is 0.0408 e. The van der Waals surface area contributed by atoms with Gasteiger partial charge in [0.05, 0.1) is 0 Å². The van der Waals surface area contributed by atoms with Gasteiger partial charge in [0, 0.05) is 30.2 Å². The number of rotatable bonds is 5. The number of benzene rings is 1. The van der Waals surface area contributed by atoms with Crippen LogP contribution in [0.15, 0.2) is 18.2 Å². The van der Waals surface area contributed by atoms with Crippen molar-refractivity contribution in [2.75, 3.05) is 20.1 Å². The monoisotopic (exact) mass is 264 g/mol. The number of nitrogens with zero attached hydrogens (tertiary/aromatic N) is 1. The van der Waals surface area contributed by atoms with E-state index in [-0.39, 0.29) is 0 Å². The molecule has 3 heteroatoms. The summed E-state index contributed by atoms with van der Waals surface area (Å²) in [6.07, 6.45) is 5.15. The van der Waals surface area contributed by atoms with Crippen LogP contribution in [0.1, 0.15) is 36.4 Å². The molecule has 0 heterocycles. The molecule has 3 rings (SSSR count). The summed E-state index contributed by atoms with van der Waals surface area (Å²) in [5.41, 5.74) is 2.88. The zero-order valence-corrected chi connectivity index (χ0v) is 11.7. The van der Waals surface area contributed by atoms with Gasteiger partial charge in [0.2, 0.25) is 0 Å². The van der Waals surface area contributed by atoms with Crippen LogP contribution in [0.25, 0.3) is 0 Å². The molecule has 0 amide bonds. The molecule has 0 aliphatic heterocycles. The minimum absolute atomic E-state index is 0.532. The van der Waals surface area contributed by atoms with Gasteiger partial charge in [-0.05, 0) is 56.0 Å². The normalized spacial score (nSPS) is 22.5. The molecule has 0 radical (unpaired) electrons. The Labute approximate surface area is 114 Å². The van der Waals surface area contributed by atoms with E-state index in [4.69, 9.17) is 11.6 Å². The zero-order valence-electron chi connectivity index (χ0n) is 11.0. The molecule has 0 spiro atoms. The summed E-state index contributed by atoms with van der Waals surface area (Å²) in [5, 5.41) is 4.55. The molecular formula is C15H21ClN2. The maximum absolute atomic E-state index is 6.03. The zero-order chi connectivity index (χ0) is 12.5. The predicted molar refractivity (Wildman–Crippen MR) is 76.2 cm³/mol. The van der Waals surface area contributed by atoms with E-state index in [1.807, 2.05) is 6.07 Å². The number of hydrogen-bond donors (Lipinski definition) is 1. The predicted octanol–water partition coefficient (Wildman–Crippen LogP) is 3.01. The van der Waals surface area contributed by atoms with E-state index in [9.17, 15) is 0 Å². The number of aryl methyl sites for hydroxylation is 1. The SMILES string of the molecule is CN(CCNC1CCc2cc(Cl)ccc21)C1CC1. The van der Waals surface area contributed by atoms with Crippen LogP contribution in [0.5, 0.6) is 0 Å². The Balaban J connectivity index is 1.52. The van der Waals surface area contributed by atoms with Gasteiger partial charge in [0.15, 0.2) is 0 Å². The average molecular weight is 265 g/mol. The highest BCUT2D eigenvalue weighted by Crippen LogP contribution is 2.32. The average Bonchev–Trinajstić information content (AvgIpc) is 3.13. The van der Waals surface area contributed by atoms with Gasteiger partial charge in [0.1, 0.15) is 0 Å². The second-order valence-corrected chi connectivity index (χ2v) is 6.04. The summed E-state index contributed by atoms with van der Waals surface area (Å²) < 4.78 is 0. The standard InChI is InChI=1S/C15H21ClN2/c1-18(13-4-5-13)9-8-17-15-7-2-11-10-12(16)3-6-14(11)15/h3,6,10,13,15,17H,2,4-5,7-9H2,1H3. The molecule has 98 valence electrons. The molecule has 1 fully saturated rings. The summed E-state index contributed by atoms with van der Waals surface area (Å²) >= 11 is 6.03. The molecule has 18 heavy (non-hydrogen) atoms. The highest BCUT2D eigenvalue weighted by molar-refractivity contribution is 6.30. The first-order valence-corrected chi connectivity index (χ1v) is 7.34. The van der Waals surface area contributed by atoms with Crippen LogP contribution in [-0.4, -0.2) is 31.1 Å². The first kappa shape index (κ1) is 12.5. The van der Waals surface area contributed by atoms with Gasteiger partial charge in [-0.3, -0.25) is 0 Å². The van der Waals surface area contributed by atoms with Gasteiger partial charge in [-0.15, -0.1) is 0 Å². The summed E-state index contributed by atoms with van der Waals surface area (Å²) in [5.74, 6) is 0. The summed E-state index contributed by atoms with van der Waals surface area (Å²) in [7, 11) is 2.24. The Morgan fingerprint density at radius 1 is 1.33 bits per heavy atom. The lowest BCUT2D eigenvalue weighted by atomic mass is 10.1. The quantitative estimate of drug-likeness (QED) is 0.880. The molecule has 0 saturated heterocycles. The first-order valence-electron chi connectivity index (χ1n) is 6.96. The first-order chi connectivity index (χ1) is 8.74. The molecule has 0 bridgehead atoms. The molecule has 1 atom stereocenters. The van der Waals surface area contributed by atoms with Gasteiger partial charge < -0.3 is 10.2 Å². The lowest BCUT2D eigenvalue weighted by Crippen LogP contribution is -2.32. The van der Waals surface area contributed by atoms with E-state index in [0.717, 1.165) is 30.6 Å². The van der Waals surface area contributed by atoms with E-state index >= 15 is 0 Å². The van der Waals surface area contributed by atoms with Crippen molar-refractivity contribution in [1.82, 2.24) is 10.2 Å². The molecule has 2 nitrogen and oxygen atoms in total. The topological polar surface area (TPSA) is 15.3 Å². The molecule has 1 unspecified atom stereocenters. The van der Waals surface area contributed by atoms with Crippen molar-refractivity contribution in [3.05, 3.63) is 34.3 Å². The molecular weight excluding hydrogens is 244 g/mol. The Bertz CT molecular complexity index is 429. The van der Waals surface area contributed by atoms with Crippen LogP contribution in [0.3, 0.4) is 0 Å². The fourth-order valence-corrected chi connectivity index (χ4v) is 3.11. The van der Waals surface area contributed by atoms with Crippen molar-refractivity contribution in [1.29, 1.82) is 0 Å². The number of hydrogen-bond acceptors (Lipinski definition) is 2. The minimum Gasteiger partial charge on any atom is -0.309 e. The van der Waals surface area contributed by atoms with Crippen LogP contribution in [0, 0.1) is 0 Å². The van der Waals surface area contributed by atoms with E-state index in [1.165, 1.54) is 30.4 Å². The lowest BCUT2D eigenvalue weighted by molar-refractivity contribution is 0.314. The van der Waals surface area contributed by atoms with Crippen molar-refractivity contribution in [3.63, 3.8) is 0 Å². The Morgan fingerprint density at radius 2 is 2.17 bits per heavy atom. The highest BCUT2D eigenvalue weighted by atomic mass is 35.5. The summed E-state index contributed by atoms with van der Waals surface area (Å²) in [6, 6.07) is 7.71. The van der Waals surface area contributed by atoms with Gasteiger partial charge in [-0.25, -0.2) is 0 Å². The van der Waals surface area contributed by atoms with E-state index in [0.29, 0.717) is 6.04 Å². The molecule has 1 aromatic rings. The van der Waals surface area contributed by atoms with Crippen LogP contribution >= 0.6 is 11.6 Å². The fraction of sp³-hybridized carbons (Fsp3) is 0.600. The molecule has 1 N–H and O–H groups in total. The number of likely N-dealkylation sites (N-methyl/N-ethyl adjacent to an activating group) is 1.